The van der Waals surface area contributed by atoms with Crippen LogP contribution >= 0.6 is 15.9 Å². The zero-order valence-corrected chi connectivity index (χ0v) is 11.8. The topological polar surface area (TPSA) is 39.2 Å². The van der Waals surface area contributed by atoms with Gasteiger partial charge in [-0.15, -0.1) is 0 Å². The largest absolute Gasteiger partial charge is 0.487 e. The van der Waals surface area contributed by atoms with Crippen LogP contribution in [0.25, 0.3) is 0 Å². The Bertz CT molecular complexity index is 469. The zero-order valence-electron chi connectivity index (χ0n) is 10.2. The van der Waals surface area contributed by atoms with E-state index in [9.17, 15) is 4.79 Å². The molecule has 3 nitrogen and oxygen atoms in total. The zero-order chi connectivity index (χ0) is 12.6. The Balaban J connectivity index is 1.75. The number of halogens is 1. The van der Waals surface area contributed by atoms with Gasteiger partial charge in [0.05, 0.1) is 11.6 Å². The van der Waals surface area contributed by atoms with Crippen LogP contribution in [0.2, 0.25) is 0 Å². The number of Topliss-reactive ketones (excluding diaryl/α,β-unsaturated/α-hetero) is 1. The molecule has 4 heteroatoms. The van der Waals surface area contributed by atoms with E-state index in [1.165, 1.54) is 6.42 Å². The van der Waals surface area contributed by atoms with Gasteiger partial charge in [-0.2, -0.15) is 0 Å². The normalized spacial score (nSPS) is 25.8. The van der Waals surface area contributed by atoms with Gasteiger partial charge in [0.25, 0.3) is 0 Å². The van der Waals surface area contributed by atoms with Gasteiger partial charge in [-0.25, -0.2) is 0 Å². The lowest BCUT2D eigenvalue weighted by atomic mass is 9.57. The van der Waals surface area contributed by atoms with Crippen LogP contribution in [-0.2, 0) is 4.79 Å². The second kappa shape index (κ2) is 4.65. The molecule has 2 saturated carbocycles. The van der Waals surface area contributed by atoms with Gasteiger partial charge in [0.2, 0.25) is 0 Å². The minimum Gasteiger partial charge on any atom is -0.487 e. The Morgan fingerprint density at radius 3 is 2.72 bits per heavy atom. The van der Waals surface area contributed by atoms with Crippen LogP contribution in [0.1, 0.15) is 38.5 Å². The molecule has 18 heavy (non-hydrogen) atoms. The predicted octanol–water partition coefficient (Wildman–Crippen LogP) is 3.51. The van der Waals surface area contributed by atoms with E-state index in [0.717, 1.165) is 35.9 Å². The summed E-state index contributed by atoms with van der Waals surface area (Å²) >= 11 is 3.38. The van der Waals surface area contributed by atoms with Crippen LogP contribution in [0.5, 0.6) is 5.75 Å². The maximum atomic E-state index is 12.0. The molecule has 3 rings (SSSR count). The van der Waals surface area contributed by atoms with Crippen molar-refractivity contribution in [3.8, 4) is 5.75 Å². The van der Waals surface area contributed by atoms with Crippen LogP contribution in [0.4, 0.5) is 0 Å². The van der Waals surface area contributed by atoms with E-state index in [0.29, 0.717) is 12.2 Å². The molecule has 1 unspecified atom stereocenters. The Kier molecular flexibility index (Phi) is 3.14. The third kappa shape index (κ3) is 1.96. The molecule has 0 amide bonds. The minimum absolute atomic E-state index is 0.0569. The van der Waals surface area contributed by atoms with Crippen molar-refractivity contribution in [2.24, 2.45) is 5.41 Å². The van der Waals surface area contributed by atoms with Gasteiger partial charge in [0.15, 0.2) is 0 Å². The highest BCUT2D eigenvalue weighted by Crippen LogP contribution is 2.50. The summed E-state index contributed by atoms with van der Waals surface area (Å²) in [5.74, 6) is 1.15. The maximum absolute atomic E-state index is 12.0. The van der Waals surface area contributed by atoms with Gasteiger partial charge in [-0.05, 0) is 34.8 Å². The van der Waals surface area contributed by atoms with Gasteiger partial charge >= 0.3 is 0 Å². The minimum atomic E-state index is -0.180. The van der Waals surface area contributed by atoms with Crippen molar-refractivity contribution >= 4 is 21.7 Å². The molecule has 2 aliphatic carbocycles. The molecule has 1 aromatic heterocycles. The molecule has 2 fully saturated rings. The van der Waals surface area contributed by atoms with Gasteiger partial charge in [-0.3, -0.25) is 9.78 Å². The number of pyridine rings is 1. The number of rotatable bonds is 2. The molecule has 0 saturated heterocycles. The van der Waals surface area contributed by atoms with Crippen molar-refractivity contribution in [3.63, 3.8) is 0 Å². The Morgan fingerprint density at radius 2 is 2.06 bits per heavy atom. The molecule has 1 atom stereocenters. The standard InChI is InChI=1S/C14H16BrNO2/c15-10-6-11(9-16-8-10)18-13-7-12(17)14(13)4-2-1-3-5-14/h6,8-9,13H,1-5,7H2. The molecular weight excluding hydrogens is 294 g/mol. The molecule has 0 N–H and O–H groups in total. The summed E-state index contributed by atoms with van der Waals surface area (Å²) in [5.41, 5.74) is -0.180. The number of carbonyl (C=O) groups is 1. The summed E-state index contributed by atoms with van der Waals surface area (Å²) in [5, 5.41) is 0. The average molecular weight is 310 g/mol. The van der Waals surface area contributed by atoms with Crippen molar-refractivity contribution in [1.29, 1.82) is 0 Å². The van der Waals surface area contributed by atoms with Crippen LogP contribution in [0.15, 0.2) is 22.9 Å². The summed E-state index contributed by atoms with van der Waals surface area (Å²) in [6.45, 7) is 0. The number of carbonyl (C=O) groups excluding carboxylic acids is 1. The van der Waals surface area contributed by atoms with E-state index in [2.05, 4.69) is 20.9 Å². The number of aromatic nitrogens is 1. The molecule has 0 bridgehead atoms. The highest BCUT2D eigenvalue weighted by atomic mass is 79.9. The Hall–Kier alpha value is -0.900. The summed E-state index contributed by atoms with van der Waals surface area (Å²) in [4.78, 5) is 16.1. The van der Waals surface area contributed by atoms with Crippen molar-refractivity contribution < 1.29 is 9.53 Å². The fraction of sp³-hybridized carbons (Fsp3) is 0.571. The first-order valence-corrected chi connectivity index (χ1v) is 7.30. The maximum Gasteiger partial charge on any atom is 0.146 e. The van der Waals surface area contributed by atoms with E-state index >= 15 is 0 Å². The number of hydrogen-bond donors (Lipinski definition) is 0. The Morgan fingerprint density at radius 1 is 1.28 bits per heavy atom. The second-order valence-electron chi connectivity index (χ2n) is 5.29. The molecule has 1 spiro atoms. The molecule has 1 aromatic rings. The van der Waals surface area contributed by atoms with Crippen molar-refractivity contribution in [2.75, 3.05) is 0 Å². The van der Waals surface area contributed by atoms with Crippen LogP contribution in [0, 0.1) is 5.41 Å². The highest BCUT2D eigenvalue weighted by molar-refractivity contribution is 9.10. The number of nitrogens with zero attached hydrogens (tertiary/aromatic N) is 1. The Labute approximate surface area is 115 Å². The lowest BCUT2D eigenvalue weighted by Crippen LogP contribution is -2.57. The van der Waals surface area contributed by atoms with E-state index in [1.54, 1.807) is 12.4 Å². The van der Waals surface area contributed by atoms with E-state index < -0.39 is 0 Å². The lowest BCUT2D eigenvalue weighted by Gasteiger charge is -2.49. The number of hydrogen-bond acceptors (Lipinski definition) is 3. The van der Waals surface area contributed by atoms with Crippen LogP contribution < -0.4 is 4.74 Å². The third-order valence-corrected chi connectivity index (χ3v) is 4.68. The number of ketones is 1. The van der Waals surface area contributed by atoms with Crippen molar-refractivity contribution in [1.82, 2.24) is 4.98 Å². The molecule has 0 aromatic carbocycles. The number of ether oxygens (including phenoxy) is 1. The molecule has 0 radical (unpaired) electrons. The SMILES string of the molecule is O=C1CC(Oc2cncc(Br)c2)C12CCCCC2. The summed E-state index contributed by atoms with van der Waals surface area (Å²) < 4.78 is 6.89. The summed E-state index contributed by atoms with van der Waals surface area (Å²) in [6.07, 6.45) is 9.62. The fourth-order valence-corrected chi connectivity index (χ4v) is 3.52. The van der Waals surface area contributed by atoms with Gasteiger partial charge < -0.3 is 4.74 Å². The summed E-state index contributed by atoms with van der Waals surface area (Å²) in [6, 6.07) is 1.91. The molecule has 0 aliphatic heterocycles. The van der Waals surface area contributed by atoms with Crippen molar-refractivity contribution in [2.45, 2.75) is 44.6 Å². The van der Waals surface area contributed by atoms with E-state index in [4.69, 9.17) is 4.74 Å². The van der Waals surface area contributed by atoms with Crippen LogP contribution in [-0.4, -0.2) is 16.9 Å². The van der Waals surface area contributed by atoms with Crippen LogP contribution in [0.3, 0.4) is 0 Å². The quantitative estimate of drug-likeness (QED) is 0.839. The monoisotopic (exact) mass is 309 g/mol. The average Bonchev–Trinajstić information content (AvgIpc) is 2.39. The second-order valence-corrected chi connectivity index (χ2v) is 6.21. The van der Waals surface area contributed by atoms with Crippen molar-refractivity contribution in [3.05, 3.63) is 22.9 Å². The van der Waals surface area contributed by atoms with E-state index in [-0.39, 0.29) is 11.5 Å². The lowest BCUT2D eigenvalue weighted by molar-refractivity contribution is -0.156. The molecule has 2 aliphatic rings. The first-order valence-electron chi connectivity index (χ1n) is 6.51. The van der Waals surface area contributed by atoms with Gasteiger partial charge in [-0.1, -0.05) is 19.3 Å². The van der Waals surface area contributed by atoms with E-state index in [1.807, 2.05) is 6.07 Å². The first kappa shape index (κ1) is 12.2. The predicted molar refractivity (Wildman–Crippen MR) is 71.5 cm³/mol. The smallest absolute Gasteiger partial charge is 0.146 e. The third-order valence-electron chi connectivity index (χ3n) is 4.25. The molecule has 1 heterocycles. The van der Waals surface area contributed by atoms with Gasteiger partial charge in [0.1, 0.15) is 17.6 Å². The highest BCUT2D eigenvalue weighted by Gasteiger charge is 2.56. The first-order chi connectivity index (χ1) is 8.71. The molecule has 96 valence electrons. The summed E-state index contributed by atoms with van der Waals surface area (Å²) in [7, 11) is 0. The fourth-order valence-electron chi connectivity index (χ4n) is 3.17. The molecular formula is C14H16BrNO2. The van der Waals surface area contributed by atoms with Gasteiger partial charge in [0, 0.05) is 17.1 Å².